The number of phosphoric acid groups is 1. The maximum absolute atomic E-state index is 12.6. The molecular formula is C40H66NO10P. The van der Waals surface area contributed by atoms with Crippen molar-refractivity contribution in [1.82, 2.24) is 0 Å². The minimum absolute atomic E-state index is 0.131. The Morgan fingerprint density at radius 2 is 1.02 bits per heavy atom. The molecule has 0 aliphatic rings. The molecule has 11 nitrogen and oxygen atoms in total. The molecule has 0 amide bonds. The van der Waals surface area contributed by atoms with E-state index >= 15 is 0 Å². The van der Waals surface area contributed by atoms with E-state index in [-0.39, 0.29) is 19.4 Å². The van der Waals surface area contributed by atoms with E-state index in [1.54, 1.807) is 0 Å². The summed E-state index contributed by atoms with van der Waals surface area (Å²) in [5, 5.41) is 8.86. The molecule has 3 unspecified atom stereocenters. The number of ether oxygens (including phenoxy) is 2. The van der Waals surface area contributed by atoms with Crippen molar-refractivity contribution < 1.29 is 47.5 Å². The summed E-state index contributed by atoms with van der Waals surface area (Å²) in [6, 6.07) is -1.53. The topological polar surface area (TPSA) is 172 Å². The lowest BCUT2D eigenvalue weighted by Crippen LogP contribution is -2.34. The van der Waals surface area contributed by atoms with Crippen molar-refractivity contribution in [2.45, 2.75) is 142 Å². The number of carbonyl (C=O) groups excluding carboxylic acids is 2. The van der Waals surface area contributed by atoms with Crippen molar-refractivity contribution in [3.8, 4) is 0 Å². The number of carboxylic acid groups (broad SMARTS) is 1. The zero-order valence-electron chi connectivity index (χ0n) is 31.6. The number of aliphatic carboxylic acids is 1. The molecule has 52 heavy (non-hydrogen) atoms. The van der Waals surface area contributed by atoms with Gasteiger partial charge in [0, 0.05) is 12.8 Å². The third-order valence-corrected chi connectivity index (χ3v) is 8.40. The second-order valence-electron chi connectivity index (χ2n) is 12.3. The summed E-state index contributed by atoms with van der Waals surface area (Å²) in [5.41, 5.74) is 5.31. The van der Waals surface area contributed by atoms with Crippen LogP contribution in [0.4, 0.5) is 0 Å². The lowest BCUT2D eigenvalue weighted by molar-refractivity contribution is -0.161. The Labute approximate surface area is 312 Å². The third-order valence-electron chi connectivity index (χ3n) is 7.45. The van der Waals surface area contributed by atoms with Crippen LogP contribution in [0.15, 0.2) is 72.9 Å². The third kappa shape index (κ3) is 34.0. The summed E-state index contributed by atoms with van der Waals surface area (Å²) in [7, 11) is -4.73. The Morgan fingerprint density at radius 1 is 0.596 bits per heavy atom. The van der Waals surface area contributed by atoms with Crippen LogP contribution < -0.4 is 5.73 Å². The fourth-order valence-electron chi connectivity index (χ4n) is 4.50. The summed E-state index contributed by atoms with van der Waals surface area (Å²) in [4.78, 5) is 45.7. The van der Waals surface area contributed by atoms with E-state index in [0.29, 0.717) is 12.8 Å². The van der Waals surface area contributed by atoms with E-state index in [0.717, 1.165) is 89.9 Å². The minimum atomic E-state index is -4.73. The van der Waals surface area contributed by atoms with Crippen LogP contribution in [0.2, 0.25) is 0 Å². The second-order valence-corrected chi connectivity index (χ2v) is 13.7. The first-order valence-electron chi connectivity index (χ1n) is 19.0. The molecule has 12 heteroatoms. The number of allylic oxidation sites excluding steroid dienone is 12. The molecule has 0 saturated heterocycles. The average Bonchev–Trinajstić information content (AvgIpc) is 3.12. The molecule has 0 bridgehead atoms. The van der Waals surface area contributed by atoms with Crippen molar-refractivity contribution in [2.24, 2.45) is 5.73 Å². The van der Waals surface area contributed by atoms with Crippen LogP contribution in [0.5, 0.6) is 0 Å². The molecule has 296 valence electrons. The number of phosphoric ester groups is 1. The summed E-state index contributed by atoms with van der Waals surface area (Å²) in [5.74, 6) is -2.45. The zero-order valence-corrected chi connectivity index (χ0v) is 32.5. The van der Waals surface area contributed by atoms with Gasteiger partial charge in [0.25, 0.3) is 0 Å². The Bertz CT molecular complexity index is 1160. The van der Waals surface area contributed by atoms with Crippen molar-refractivity contribution in [2.75, 3.05) is 19.8 Å². The molecule has 0 aromatic rings. The number of unbranched alkanes of at least 4 members (excludes halogenated alkanes) is 8. The molecular weight excluding hydrogens is 685 g/mol. The van der Waals surface area contributed by atoms with E-state index in [9.17, 15) is 23.8 Å². The number of carbonyl (C=O) groups is 3. The van der Waals surface area contributed by atoms with Gasteiger partial charge in [-0.25, -0.2) is 4.57 Å². The number of rotatable bonds is 34. The zero-order chi connectivity index (χ0) is 38.5. The first-order chi connectivity index (χ1) is 25.1. The number of esters is 2. The highest BCUT2D eigenvalue weighted by Crippen LogP contribution is 2.43. The number of hydrogen-bond acceptors (Lipinski definition) is 9. The first-order valence-corrected chi connectivity index (χ1v) is 20.5. The van der Waals surface area contributed by atoms with Crippen LogP contribution >= 0.6 is 7.82 Å². The SMILES string of the molecule is CC/C=C\C/C=C\C/C=C\CCCCCCCC(=O)OC(COC(=O)CCCCC/C=C\C/C=C\C/C=C\CC)COP(=O)(O)OCC(N)C(=O)O. The second kappa shape index (κ2) is 35.0. The van der Waals surface area contributed by atoms with Crippen LogP contribution in [0.25, 0.3) is 0 Å². The lowest BCUT2D eigenvalue weighted by Gasteiger charge is -2.20. The van der Waals surface area contributed by atoms with Gasteiger partial charge in [0.05, 0.1) is 13.2 Å². The molecule has 4 N–H and O–H groups in total. The molecule has 0 aliphatic carbocycles. The fourth-order valence-corrected chi connectivity index (χ4v) is 5.28. The normalized spacial score (nSPS) is 14.7. The smallest absolute Gasteiger partial charge is 0.472 e. The Kier molecular flexibility index (Phi) is 32.9. The highest BCUT2D eigenvalue weighted by atomic mass is 31.2. The van der Waals surface area contributed by atoms with Crippen LogP contribution in [-0.4, -0.2) is 59.9 Å². The summed E-state index contributed by atoms with van der Waals surface area (Å²) >= 11 is 0. The van der Waals surface area contributed by atoms with Crippen LogP contribution in [0, 0.1) is 0 Å². The molecule has 0 aliphatic heterocycles. The Hall–Kier alpha value is -3.08. The predicted molar refractivity (Wildman–Crippen MR) is 207 cm³/mol. The maximum Gasteiger partial charge on any atom is 0.472 e. The average molecular weight is 752 g/mol. The molecule has 0 spiro atoms. The van der Waals surface area contributed by atoms with Gasteiger partial charge in [0.2, 0.25) is 0 Å². The standard InChI is InChI=1S/C40H66NO10P/c1-3-5-7-9-11-13-15-17-18-20-22-24-26-28-30-32-39(43)51-36(34-49-52(46,47)50-35-37(41)40(44)45)33-48-38(42)31-29-27-25-23-21-19-16-14-12-10-8-6-4-2/h5-8,11-14,17-19,21,36-37H,3-4,9-10,15-16,20,22-35,41H2,1-2H3,(H,44,45)(H,46,47)/b7-5-,8-6-,13-11-,14-12-,18-17-,21-19-. The van der Waals surface area contributed by atoms with Gasteiger partial charge in [-0.3, -0.25) is 23.4 Å². The highest BCUT2D eigenvalue weighted by molar-refractivity contribution is 7.47. The molecule has 3 atom stereocenters. The van der Waals surface area contributed by atoms with Gasteiger partial charge in [0.15, 0.2) is 6.10 Å². The van der Waals surface area contributed by atoms with E-state index < -0.39 is 51.1 Å². The van der Waals surface area contributed by atoms with Crippen LogP contribution in [0.1, 0.15) is 129 Å². The fraction of sp³-hybridized carbons (Fsp3) is 0.625. The van der Waals surface area contributed by atoms with Gasteiger partial charge < -0.3 is 25.2 Å². The molecule has 0 heterocycles. The van der Waals surface area contributed by atoms with E-state index in [1.807, 2.05) is 0 Å². The monoisotopic (exact) mass is 751 g/mol. The largest absolute Gasteiger partial charge is 0.480 e. The molecule has 0 aromatic carbocycles. The van der Waals surface area contributed by atoms with E-state index in [1.165, 1.54) is 0 Å². The van der Waals surface area contributed by atoms with Crippen LogP contribution in [0.3, 0.4) is 0 Å². The first kappa shape index (κ1) is 48.9. The van der Waals surface area contributed by atoms with Crippen molar-refractivity contribution in [3.05, 3.63) is 72.9 Å². The minimum Gasteiger partial charge on any atom is -0.480 e. The van der Waals surface area contributed by atoms with Crippen molar-refractivity contribution in [3.63, 3.8) is 0 Å². The van der Waals surface area contributed by atoms with Gasteiger partial charge >= 0.3 is 25.7 Å². The number of nitrogens with two attached hydrogens (primary N) is 1. The van der Waals surface area contributed by atoms with Crippen LogP contribution in [-0.2, 0) is 37.5 Å². The lowest BCUT2D eigenvalue weighted by atomic mass is 10.1. The Morgan fingerprint density at radius 3 is 1.54 bits per heavy atom. The van der Waals surface area contributed by atoms with Crippen molar-refractivity contribution in [1.29, 1.82) is 0 Å². The van der Waals surface area contributed by atoms with Gasteiger partial charge in [0.1, 0.15) is 12.6 Å². The Balaban J connectivity index is 4.54. The molecule has 0 fully saturated rings. The summed E-state index contributed by atoms with van der Waals surface area (Å²) in [6.07, 6.45) is 39.8. The number of hydrogen-bond donors (Lipinski definition) is 3. The molecule has 0 saturated carbocycles. The van der Waals surface area contributed by atoms with E-state index in [2.05, 4.69) is 91.3 Å². The molecule has 0 radical (unpaired) electrons. The summed E-state index contributed by atoms with van der Waals surface area (Å²) < 4.78 is 32.5. The maximum atomic E-state index is 12.6. The highest BCUT2D eigenvalue weighted by Gasteiger charge is 2.28. The quantitative estimate of drug-likeness (QED) is 0.0248. The number of carboxylic acids is 1. The van der Waals surface area contributed by atoms with Crippen molar-refractivity contribution >= 4 is 25.7 Å². The summed E-state index contributed by atoms with van der Waals surface area (Å²) in [6.45, 7) is 2.49. The van der Waals surface area contributed by atoms with E-state index in [4.69, 9.17) is 24.8 Å². The van der Waals surface area contributed by atoms with Gasteiger partial charge in [-0.15, -0.1) is 0 Å². The molecule has 0 rings (SSSR count). The van der Waals surface area contributed by atoms with Gasteiger partial charge in [-0.2, -0.15) is 0 Å². The van der Waals surface area contributed by atoms with Gasteiger partial charge in [-0.05, 0) is 77.0 Å². The predicted octanol–water partition coefficient (Wildman–Crippen LogP) is 9.39. The van der Waals surface area contributed by atoms with Gasteiger partial charge in [-0.1, -0.05) is 112 Å². The molecule has 0 aromatic heterocycles.